The molecule has 1 aliphatic heterocycles. The molecule has 154 valence electrons. The predicted molar refractivity (Wildman–Crippen MR) is 106 cm³/mol. The average molecular weight is 418 g/mol. The number of rotatable bonds is 6. The molecule has 0 saturated carbocycles. The fourth-order valence-corrected chi connectivity index (χ4v) is 4.37. The molecule has 1 heterocycles. The lowest BCUT2D eigenvalue weighted by Crippen LogP contribution is -2.40. The number of nitrogens with zero attached hydrogens (tertiary/aromatic N) is 1. The highest BCUT2D eigenvalue weighted by Crippen LogP contribution is 2.19. The second-order valence-corrected chi connectivity index (χ2v) is 8.44. The average Bonchev–Trinajstić information content (AvgIpc) is 2.72. The van der Waals surface area contributed by atoms with E-state index in [4.69, 9.17) is 9.47 Å². The zero-order valence-corrected chi connectivity index (χ0v) is 16.8. The summed E-state index contributed by atoms with van der Waals surface area (Å²) in [5, 5.41) is 2.60. The molecular weight excluding hydrogens is 396 g/mol. The van der Waals surface area contributed by atoms with Crippen molar-refractivity contribution in [1.82, 2.24) is 4.31 Å². The molecule has 1 fully saturated rings. The zero-order chi connectivity index (χ0) is 20.9. The molecular formula is C20H22N2O6S. The number of carbonyl (C=O) groups is 2. The topological polar surface area (TPSA) is 102 Å². The molecule has 9 heteroatoms. The lowest BCUT2D eigenvalue weighted by molar-refractivity contribution is -0.114. The summed E-state index contributed by atoms with van der Waals surface area (Å²) in [6.07, 6.45) is 0. The third-order valence-corrected chi connectivity index (χ3v) is 6.19. The van der Waals surface area contributed by atoms with Gasteiger partial charge >= 0.3 is 5.97 Å². The molecule has 3 rings (SSSR count). The van der Waals surface area contributed by atoms with E-state index in [-0.39, 0.29) is 23.0 Å². The summed E-state index contributed by atoms with van der Waals surface area (Å²) in [4.78, 5) is 23.6. The van der Waals surface area contributed by atoms with Crippen LogP contribution in [0.25, 0.3) is 0 Å². The molecule has 0 unspecified atom stereocenters. The normalized spacial score (nSPS) is 14.9. The Morgan fingerprint density at radius 2 is 1.83 bits per heavy atom. The van der Waals surface area contributed by atoms with E-state index in [1.807, 2.05) is 0 Å². The van der Waals surface area contributed by atoms with E-state index in [9.17, 15) is 18.0 Å². The first-order valence-corrected chi connectivity index (χ1v) is 10.5. The van der Waals surface area contributed by atoms with Crippen molar-refractivity contribution in [2.24, 2.45) is 0 Å². The Hall–Kier alpha value is -2.75. The van der Waals surface area contributed by atoms with Crippen LogP contribution >= 0.6 is 0 Å². The minimum atomic E-state index is -3.62. The highest BCUT2D eigenvalue weighted by Gasteiger charge is 2.26. The van der Waals surface area contributed by atoms with Crippen molar-refractivity contribution in [2.45, 2.75) is 18.4 Å². The number of benzene rings is 2. The van der Waals surface area contributed by atoms with Gasteiger partial charge in [-0.1, -0.05) is 18.2 Å². The Bertz CT molecular complexity index is 1000. The summed E-state index contributed by atoms with van der Waals surface area (Å²) in [7, 11) is -3.62. The SMILES string of the molecule is CC(=O)Nc1cccc(C(=O)OCc2cccc(S(=O)(=O)N3CCOCC3)c2)c1. The Kier molecular flexibility index (Phi) is 6.63. The summed E-state index contributed by atoms with van der Waals surface area (Å²) in [6, 6.07) is 12.7. The van der Waals surface area contributed by atoms with Gasteiger partial charge in [0.05, 0.1) is 23.7 Å². The molecule has 8 nitrogen and oxygen atoms in total. The second kappa shape index (κ2) is 9.17. The predicted octanol–water partition coefficient (Wildman–Crippen LogP) is 2.02. The number of carbonyl (C=O) groups excluding carboxylic acids is 2. The van der Waals surface area contributed by atoms with Crippen LogP contribution in [-0.2, 0) is 30.9 Å². The summed E-state index contributed by atoms with van der Waals surface area (Å²) in [6.45, 7) is 2.67. The number of hydrogen-bond acceptors (Lipinski definition) is 6. The van der Waals surface area contributed by atoms with Crippen LogP contribution in [0.2, 0.25) is 0 Å². The van der Waals surface area contributed by atoms with Crippen molar-refractivity contribution in [3.8, 4) is 0 Å². The number of sulfonamides is 1. The standard InChI is InChI=1S/C20H22N2O6S/c1-15(23)21-18-6-3-5-17(13-18)20(24)28-14-16-4-2-7-19(12-16)29(25,26)22-8-10-27-11-9-22/h2-7,12-13H,8-11,14H2,1H3,(H,21,23). The third kappa shape index (κ3) is 5.41. The largest absolute Gasteiger partial charge is 0.457 e. The van der Waals surface area contributed by atoms with Gasteiger partial charge in [-0.15, -0.1) is 0 Å². The Morgan fingerprint density at radius 1 is 1.10 bits per heavy atom. The Balaban J connectivity index is 1.68. The molecule has 1 aliphatic rings. The van der Waals surface area contributed by atoms with Crippen LogP contribution < -0.4 is 5.32 Å². The first kappa shape index (κ1) is 21.0. The molecule has 0 aromatic heterocycles. The van der Waals surface area contributed by atoms with E-state index in [1.165, 1.54) is 29.4 Å². The minimum absolute atomic E-state index is 0.0737. The van der Waals surface area contributed by atoms with E-state index in [1.54, 1.807) is 30.3 Å². The molecule has 1 N–H and O–H groups in total. The number of amides is 1. The fourth-order valence-electron chi connectivity index (χ4n) is 2.89. The van der Waals surface area contributed by atoms with Gasteiger partial charge in [-0.05, 0) is 35.9 Å². The highest BCUT2D eigenvalue weighted by molar-refractivity contribution is 7.89. The summed E-state index contributed by atoms with van der Waals surface area (Å²) >= 11 is 0. The van der Waals surface area contributed by atoms with Gasteiger partial charge in [-0.2, -0.15) is 4.31 Å². The summed E-state index contributed by atoms with van der Waals surface area (Å²) in [5.74, 6) is -0.813. The second-order valence-electron chi connectivity index (χ2n) is 6.50. The zero-order valence-electron chi connectivity index (χ0n) is 16.0. The van der Waals surface area contributed by atoms with Gasteiger partial charge in [0.2, 0.25) is 15.9 Å². The summed E-state index contributed by atoms with van der Waals surface area (Å²) in [5.41, 5.74) is 1.34. The lowest BCUT2D eigenvalue weighted by atomic mass is 10.2. The van der Waals surface area contributed by atoms with E-state index >= 15 is 0 Å². The van der Waals surface area contributed by atoms with Gasteiger partial charge in [0, 0.05) is 25.7 Å². The van der Waals surface area contributed by atoms with E-state index in [0.29, 0.717) is 37.6 Å². The Labute approximate surface area is 169 Å². The van der Waals surface area contributed by atoms with Crippen molar-refractivity contribution in [3.05, 3.63) is 59.7 Å². The van der Waals surface area contributed by atoms with Gasteiger partial charge in [0.1, 0.15) is 6.61 Å². The molecule has 0 aliphatic carbocycles. The van der Waals surface area contributed by atoms with Crippen LogP contribution in [0, 0.1) is 0 Å². The quantitative estimate of drug-likeness (QED) is 0.720. The molecule has 0 atom stereocenters. The number of anilines is 1. The van der Waals surface area contributed by atoms with Crippen molar-refractivity contribution in [1.29, 1.82) is 0 Å². The molecule has 1 saturated heterocycles. The van der Waals surface area contributed by atoms with E-state index < -0.39 is 16.0 Å². The molecule has 1 amide bonds. The molecule has 0 spiro atoms. The molecule has 2 aromatic carbocycles. The van der Waals surface area contributed by atoms with Crippen LogP contribution in [0.15, 0.2) is 53.4 Å². The van der Waals surface area contributed by atoms with Gasteiger partial charge in [0.25, 0.3) is 0 Å². The number of ether oxygens (including phenoxy) is 2. The van der Waals surface area contributed by atoms with Crippen LogP contribution in [0.3, 0.4) is 0 Å². The summed E-state index contributed by atoms with van der Waals surface area (Å²) < 4.78 is 37.4. The maximum absolute atomic E-state index is 12.8. The third-order valence-electron chi connectivity index (χ3n) is 4.29. The number of hydrogen-bond donors (Lipinski definition) is 1. The van der Waals surface area contributed by atoms with Crippen molar-refractivity contribution >= 4 is 27.6 Å². The van der Waals surface area contributed by atoms with Crippen molar-refractivity contribution < 1.29 is 27.5 Å². The van der Waals surface area contributed by atoms with E-state index in [0.717, 1.165) is 0 Å². The van der Waals surface area contributed by atoms with Crippen molar-refractivity contribution in [3.63, 3.8) is 0 Å². The maximum atomic E-state index is 12.8. The van der Waals surface area contributed by atoms with Crippen LogP contribution in [0.1, 0.15) is 22.8 Å². The molecule has 0 bridgehead atoms. The van der Waals surface area contributed by atoms with Gasteiger partial charge in [-0.3, -0.25) is 4.79 Å². The molecule has 2 aromatic rings. The molecule has 0 radical (unpaired) electrons. The van der Waals surface area contributed by atoms with E-state index in [2.05, 4.69) is 5.32 Å². The van der Waals surface area contributed by atoms with Crippen LogP contribution in [0.5, 0.6) is 0 Å². The maximum Gasteiger partial charge on any atom is 0.338 e. The lowest BCUT2D eigenvalue weighted by Gasteiger charge is -2.26. The molecule has 29 heavy (non-hydrogen) atoms. The first-order chi connectivity index (χ1) is 13.9. The van der Waals surface area contributed by atoms with Crippen molar-refractivity contribution in [2.75, 3.05) is 31.6 Å². The van der Waals surface area contributed by atoms with Gasteiger partial charge in [-0.25, -0.2) is 13.2 Å². The monoisotopic (exact) mass is 418 g/mol. The first-order valence-electron chi connectivity index (χ1n) is 9.08. The van der Waals surface area contributed by atoms with Gasteiger partial charge < -0.3 is 14.8 Å². The van der Waals surface area contributed by atoms with Gasteiger partial charge in [0.15, 0.2) is 0 Å². The smallest absolute Gasteiger partial charge is 0.338 e. The number of nitrogens with one attached hydrogen (secondary N) is 1. The van der Waals surface area contributed by atoms with Crippen LogP contribution in [0.4, 0.5) is 5.69 Å². The van der Waals surface area contributed by atoms with Crippen LogP contribution in [-0.4, -0.2) is 50.9 Å². The number of esters is 1. The fraction of sp³-hybridized carbons (Fsp3) is 0.300. The highest BCUT2D eigenvalue weighted by atomic mass is 32.2. The number of morpholine rings is 1. The minimum Gasteiger partial charge on any atom is -0.457 e. The Morgan fingerprint density at radius 3 is 2.55 bits per heavy atom.